The first-order valence-corrected chi connectivity index (χ1v) is 9.70. The normalized spacial score (nSPS) is 29.9. The molecule has 4 nitrogen and oxygen atoms in total. The maximum absolute atomic E-state index is 9.69. The highest BCUT2D eigenvalue weighted by Gasteiger charge is 2.27. The standard InChI is InChI=1S/C11H22O2.C8H14O2.C2H6/c1-5-7-11(13)9(4)8(3)10(12)6-2;1-5-6(2)8(10)4-3-7(5)9;1-2/h6,8-13H,2,5,7H2,1,3-4H3;3-10H,1-2H3;1-2H3. The fourth-order valence-electron chi connectivity index (χ4n) is 2.63. The molecule has 1 aliphatic rings. The van der Waals surface area contributed by atoms with Crippen molar-refractivity contribution in [3.63, 3.8) is 0 Å². The number of aliphatic hydroxyl groups is 4. The summed E-state index contributed by atoms with van der Waals surface area (Å²) in [5, 5.41) is 37.7. The van der Waals surface area contributed by atoms with Gasteiger partial charge in [-0.2, -0.15) is 0 Å². The minimum atomic E-state index is -0.512. The van der Waals surface area contributed by atoms with Crippen molar-refractivity contribution in [2.45, 2.75) is 85.7 Å². The van der Waals surface area contributed by atoms with Crippen LogP contribution in [0.4, 0.5) is 0 Å². The van der Waals surface area contributed by atoms with Crippen molar-refractivity contribution < 1.29 is 20.4 Å². The zero-order valence-electron chi connectivity index (χ0n) is 17.3. The molecule has 0 aliphatic heterocycles. The highest BCUT2D eigenvalue weighted by Crippen LogP contribution is 2.24. The zero-order valence-corrected chi connectivity index (χ0v) is 17.3. The summed E-state index contributed by atoms with van der Waals surface area (Å²) >= 11 is 0. The van der Waals surface area contributed by atoms with Gasteiger partial charge in [-0.3, -0.25) is 0 Å². The molecule has 0 spiro atoms. The summed E-state index contributed by atoms with van der Waals surface area (Å²) in [6.45, 7) is 17.4. The Hall–Kier alpha value is -0.680. The van der Waals surface area contributed by atoms with Crippen molar-refractivity contribution in [3.8, 4) is 0 Å². The summed E-state index contributed by atoms with van der Waals surface area (Å²) in [5.41, 5.74) is 0. The summed E-state index contributed by atoms with van der Waals surface area (Å²) in [7, 11) is 0. The molecule has 0 aromatic carbocycles. The molecule has 0 radical (unpaired) electrons. The second-order valence-corrected chi connectivity index (χ2v) is 6.88. The number of aliphatic hydroxyl groups excluding tert-OH is 4. The van der Waals surface area contributed by atoms with Crippen molar-refractivity contribution in [3.05, 3.63) is 24.8 Å². The Bertz CT molecular complexity index is 340. The highest BCUT2D eigenvalue weighted by molar-refractivity contribution is 5.04. The molecule has 0 fully saturated rings. The van der Waals surface area contributed by atoms with E-state index in [9.17, 15) is 20.4 Å². The van der Waals surface area contributed by atoms with E-state index in [0.717, 1.165) is 12.8 Å². The van der Waals surface area contributed by atoms with E-state index in [-0.39, 0.29) is 42.0 Å². The van der Waals surface area contributed by atoms with E-state index >= 15 is 0 Å². The number of hydrogen-bond donors (Lipinski definition) is 4. The Kier molecular flexibility index (Phi) is 15.4. The van der Waals surface area contributed by atoms with Crippen LogP contribution in [0.1, 0.15) is 61.3 Å². The summed E-state index contributed by atoms with van der Waals surface area (Å²) < 4.78 is 0. The van der Waals surface area contributed by atoms with Crippen LogP contribution < -0.4 is 0 Å². The van der Waals surface area contributed by atoms with Gasteiger partial charge in [0.25, 0.3) is 0 Å². The van der Waals surface area contributed by atoms with Crippen LogP contribution in [0.3, 0.4) is 0 Å². The van der Waals surface area contributed by atoms with E-state index in [4.69, 9.17) is 0 Å². The maximum Gasteiger partial charge on any atom is 0.0750 e. The lowest BCUT2D eigenvalue weighted by Crippen LogP contribution is -2.33. The molecule has 0 aromatic heterocycles. The molecule has 0 saturated carbocycles. The minimum Gasteiger partial charge on any atom is -0.393 e. The predicted octanol–water partition coefficient (Wildman–Crippen LogP) is 3.54. The van der Waals surface area contributed by atoms with Crippen LogP contribution in [0, 0.1) is 23.7 Å². The van der Waals surface area contributed by atoms with Gasteiger partial charge >= 0.3 is 0 Å². The minimum absolute atomic E-state index is 0.0686. The average molecular weight is 359 g/mol. The summed E-state index contributed by atoms with van der Waals surface area (Å²) in [6.07, 6.45) is 5.05. The van der Waals surface area contributed by atoms with E-state index in [1.54, 1.807) is 12.2 Å². The Morgan fingerprint density at radius 3 is 1.68 bits per heavy atom. The predicted molar refractivity (Wildman–Crippen MR) is 106 cm³/mol. The van der Waals surface area contributed by atoms with Gasteiger partial charge in [0, 0.05) is 0 Å². The molecule has 0 heterocycles. The third-order valence-electron chi connectivity index (χ3n) is 5.21. The molecule has 150 valence electrons. The second-order valence-electron chi connectivity index (χ2n) is 6.88. The first kappa shape index (κ1) is 26.5. The fraction of sp³-hybridized carbons (Fsp3) is 0.810. The van der Waals surface area contributed by atoms with Crippen molar-refractivity contribution in [1.82, 2.24) is 0 Å². The summed E-state index contributed by atoms with van der Waals surface area (Å²) in [4.78, 5) is 0. The van der Waals surface area contributed by atoms with Gasteiger partial charge in [0.1, 0.15) is 0 Å². The molecular formula is C21H42O4. The first-order chi connectivity index (χ1) is 11.7. The summed E-state index contributed by atoms with van der Waals surface area (Å²) in [5.74, 6) is 0.520. The lowest BCUT2D eigenvalue weighted by atomic mass is 9.82. The third kappa shape index (κ3) is 9.55. The SMILES string of the molecule is C=CC(O)C(C)C(C)C(O)CCC.CC.CC1C(O)C=CC(O)C1C. The number of hydrogen-bond acceptors (Lipinski definition) is 4. The molecule has 0 amide bonds. The Morgan fingerprint density at radius 1 is 0.960 bits per heavy atom. The van der Waals surface area contributed by atoms with Crippen LogP contribution in [0.5, 0.6) is 0 Å². The van der Waals surface area contributed by atoms with Gasteiger partial charge in [-0.05, 0) is 30.1 Å². The second kappa shape index (κ2) is 14.5. The Labute approximate surface area is 155 Å². The summed E-state index contributed by atoms with van der Waals surface area (Å²) in [6, 6.07) is 0. The monoisotopic (exact) mass is 358 g/mol. The molecule has 4 heteroatoms. The van der Waals surface area contributed by atoms with Crippen LogP contribution >= 0.6 is 0 Å². The number of rotatable bonds is 6. The highest BCUT2D eigenvalue weighted by atomic mass is 16.3. The lowest BCUT2D eigenvalue weighted by molar-refractivity contribution is 0.0368. The van der Waals surface area contributed by atoms with E-state index in [1.807, 2.05) is 48.5 Å². The molecule has 1 rings (SSSR count). The van der Waals surface area contributed by atoms with Gasteiger partial charge in [-0.25, -0.2) is 0 Å². The van der Waals surface area contributed by atoms with Gasteiger partial charge in [0.2, 0.25) is 0 Å². The molecule has 0 bridgehead atoms. The molecule has 0 saturated heterocycles. The van der Waals surface area contributed by atoms with Gasteiger partial charge in [0.15, 0.2) is 0 Å². The molecule has 8 atom stereocenters. The smallest absolute Gasteiger partial charge is 0.0750 e. The van der Waals surface area contributed by atoms with Crippen LogP contribution in [0.2, 0.25) is 0 Å². The van der Waals surface area contributed by atoms with E-state index in [1.165, 1.54) is 6.08 Å². The van der Waals surface area contributed by atoms with Gasteiger partial charge in [-0.1, -0.05) is 73.1 Å². The van der Waals surface area contributed by atoms with Crippen molar-refractivity contribution in [1.29, 1.82) is 0 Å². The fourth-order valence-corrected chi connectivity index (χ4v) is 2.63. The quantitative estimate of drug-likeness (QED) is 0.548. The van der Waals surface area contributed by atoms with Crippen LogP contribution in [0.25, 0.3) is 0 Å². The van der Waals surface area contributed by atoms with Gasteiger partial charge in [-0.15, -0.1) is 6.58 Å². The molecule has 1 aliphatic carbocycles. The van der Waals surface area contributed by atoms with Crippen LogP contribution in [-0.4, -0.2) is 44.8 Å². The molecule has 0 aromatic rings. The molecule has 25 heavy (non-hydrogen) atoms. The largest absolute Gasteiger partial charge is 0.393 e. The van der Waals surface area contributed by atoms with Crippen molar-refractivity contribution in [2.75, 3.05) is 0 Å². The van der Waals surface area contributed by atoms with Crippen LogP contribution in [-0.2, 0) is 0 Å². The van der Waals surface area contributed by atoms with Gasteiger partial charge < -0.3 is 20.4 Å². The maximum atomic E-state index is 9.69. The first-order valence-electron chi connectivity index (χ1n) is 9.70. The van der Waals surface area contributed by atoms with Crippen LogP contribution in [0.15, 0.2) is 24.8 Å². The molecular weight excluding hydrogens is 316 g/mol. The van der Waals surface area contributed by atoms with Gasteiger partial charge in [0.05, 0.1) is 24.4 Å². The lowest BCUT2D eigenvalue weighted by Gasteiger charge is -2.29. The van der Waals surface area contributed by atoms with Crippen molar-refractivity contribution in [2.24, 2.45) is 23.7 Å². The Balaban J connectivity index is 0. The van der Waals surface area contributed by atoms with E-state index in [0.29, 0.717) is 0 Å². The topological polar surface area (TPSA) is 80.9 Å². The van der Waals surface area contributed by atoms with Crippen molar-refractivity contribution >= 4 is 0 Å². The zero-order chi connectivity index (χ0) is 20.2. The molecule has 8 unspecified atom stereocenters. The van der Waals surface area contributed by atoms with E-state index < -0.39 is 6.10 Å². The third-order valence-corrected chi connectivity index (χ3v) is 5.21. The van der Waals surface area contributed by atoms with E-state index in [2.05, 4.69) is 6.58 Å². The Morgan fingerprint density at radius 2 is 1.36 bits per heavy atom. The molecule has 4 N–H and O–H groups in total. The average Bonchev–Trinajstić information content (AvgIpc) is 2.63.